The molecule has 1 fully saturated rings. The smallest absolute Gasteiger partial charge is 0.194 e. The highest BCUT2D eigenvalue weighted by molar-refractivity contribution is 7.17. The van der Waals surface area contributed by atoms with Gasteiger partial charge in [0.05, 0.1) is 24.3 Å². The van der Waals surface area contributed by atoms with Gasteiger partial charge in [-0.3, -0.25) is 9.38 Å². The number of nitrogens with zero attached hydrogens (tertiary/aromatic N) is 4. The summed E-state index contributed by atoms with van der Waals surface area (Å²) in [6.07, 6.45) is 11.0. The minimum absolute atomic E-state index is 0.390. The first kappa shape index (κ1) is 15.5. The maximum Gasteiger partial charge on any atom is 0.194 e. The van der Waals surface area contributed by atoms with Crippen LogP contribution in [-0.2, 0) is 6.42 Å². The lowest BCUT2D eigenvalue weighted by atomic mass is 10.00. The molecule has 6 nitrogen and oxygen atoms in total. The number of aryl methyl sites for hydroxylation is 1. The third kappa shape index (κ3) is 2.89. The Morgan fingerprint density at radius 1 is 1.38 bits per heavy atom. The number of hydrogen-bond donors (Lipinski definition) is 2. The molecule has 2 N–H and O–H groups in total. The molecule has 4 heterocycles. The lowest BCUT2D eigenvalue weighted by Crippen LogP contribution is -2.46. The van der Waals surface area contributed by atoms with Crippen LogP contribution in [0.15, 0.2) is 24.8 Å². The van der Waals surface area contributed by atoms with E-state index in [1.165, 1.54) is 11.3 Å². The number of imidazole rings is 1. The molecule has 1 saturated heterocycles. The molecule has 0 aliphatic carbocycles. The van der Waals surface area contributed by atoms with E-state index in [0.717, 1.165) is 41.6 Å². The second-order valence-electron chi connectivity index (χ2n) is 6.27. The first-order chi connectivity index (χ1) is 11.7. The molecule has 0 radical (unpaired) electrons. The molecule has 0 spiro atoms. The Morgan fingerprint density at radius 2 is 2.29 bits per heavy atom. The lowest BCUT2D eigenvalue weighted by molar-refractivity contribution is 0.388. The largest absolute Gasteiger partial charge is 0.364 e. The van der Waals surface area contributed by atoms with Crippen molar-refractivity contribution < 1.29 is 0 Å². The fraction of sp³-hybridized carbons (Fsp3) is 0.471. The monoisotopic (exact) mass is 342 g/mol. The number of piperidine rings is 1. The van der Waals surface area contributed by atoms with E-state index >= 15 is 0 Å². The van der Waals surface area contributed by atoms with E-state index in [9.17, 15) is 0 Å². The van der Waals surface area contributed by atoms with E-state index in [1.54, 1.807) is 23.7 Å². The number of thiazole rings is 1. The first-order valence-corrected chi connectivity index (χ1v) is 9.34. The SMILES string of the molecule is CCc1cn2c(-c3cncc(N[C@H]4CCCN[C@@H]4C)n3)cnc2s1. The average molecular weight is 342 g/mol. The fourth-order valence-corrected chi connectivity index (χ4v) is 4.07. The maximum absolute atomic E-state index is 4.77. The van der Waals surface area contributed by atoms with Gasteiger partial charge in [-0.1, -0.05) is 6.92 Å². The third-order valence-corrected chi connectivity index (χ3v) is 5.74. The van der Waals surface area contributed by atoms with Crippen LogP contribution in [0, 0.1) is 0 Å². The number of hydrogen-bond acceptors (Lipinski definition) is 6. The Bertz CT molecular complexity index is 839. The van der Waals surface area contributed by atoms with Crippen molar-refractivity contribution in [1.82, 2.24) is 24.7 Å². The zero-order chi connectivity index (χ0) is 16.5. The van der Waals surface area contributed by atoms with E-state index in [0.29, 0.717) is 12.1 Å². The van der Waals surface area contributed by atoms with Gasteiger partial charge in [0.25, 0.3) is 0 Å². The second kappa shape index (κ2) is 6.49. The van der Waals surface area contributed by atoms with Crippen LogP contribution in [0.3, 0.4) is 0 Å². The summed E-state index contributed by atoms with van der Waals surface area (Å²) in [5.41, 5.74) is 1.84. The van der Waals surface area contributed by atoms with Crippen LogP contribution >= 0.6 is 11.3 Å². The van der Waals surface area contributed by atoms with E-state index in [1.807, 2.05) is 6.20 Å². The number of fused-ring (bicyclic) bond motifs is 1. The average Bonchev–Trinajstić information content (AvgIpc) is 3.17. The third-order valence-electron chi connectivity index (χ3n) is 4.60. The van der Waals surface area contributed by atoms with Crippen molar-refractivity contribution in [3.8, 4) is 11.4 Å². The molecule has 1 aliphatic heterocycles. The van der Waals surface area contributed by atoms with Gasteiger partial charge in [-0.2, -0.15) is 0 Å². The predicted octanol–water partition coefficient (Wildman–Crippen LogP) is 2.97. The van der Waals surface area contributed by atoms with E-state index in [4.69, 9.17) is 4.98 Å². The molecule has 4 rings (SSSR count). The predicted molar refractivity (Wildman–Crippen MR) is 97.6 cm³/mol. The Hall–Kier alpha value is -1.99. The van der Waals surface area contributed by atoms with E-state index in [-0.39, 0.29) is 0 Å². The van der Waals surface area contributed by atoms with Gasteiger partial charge in [0.15, 0.2) is 4.96 Å². The van der Waals surface area contributed by atoms with Crippen molar-refractivity contribution >= 4 is 22.1 Å². The second-order valence-corrected chi connectivity index (χ2v) is 7.37. The molecule has 1 aliphatic rings. The zero-order valence-corrected chi connectivity index (χ0v) is 14.8. The molecule has 0 bridgehead atoms. The zero-order valence-electron chi connectivity index (χ0n) is 14.0. The summed E-state index contributed by atoms with van der Waals surface area (Å²) in [6.45, 7) is 5.47. The van der Waals surface area contributed by atoms with E-state index < -0.39 is 0 Å². The summed E-state index contributed by atoms with van der Waals surface area (Å²) in [7, 11) is 0. The molecule has 3 aromatic heterocycles. The molecule has 0 aromatic carbocycles. The van der Waals surface area contributed by atoms with Crippen LogP contribution in [-0.4, -0.2) is 38.0 Å². The fourth-order valence-electron chi connectivity index (χ4n) is 3.17. The number of rotatable bonds is 4. The number of nitrogens with one attached hydrogen (secondary N) is 2. The summed E-state index contributed by atoms with van der Waals surface area (Å²) in [4.78, 5) is 16.0. The summed E-state index contributed by atoms with van der Waals surface area (Å²) < 4.78 is 2.11. The topological polar surface area (TPSA) is 67.1 Å². The molecule has 7 heteroatoms. The van der Waals surface area contributed by atoms with Gasteiger partial charge in [0, 0.05) is 23.2 Å². The van der Waals surface area contributed by atoms with Gasteiger partial charge in [0.2, 0.25) is 0 Å². The summed E-state index contributed by atoms with van der Waals surface area (Å²) in [5.74, 6) is 0.828. The van der Waals surface area contributed by atoms with Crippen molar-refractivity contribution in [2.75, 3.05) is 11.9 Å². The van der Waals surface area contributed by atoms with Gasteiger partial charge in [0.1, 0.15) is 11.5 Å². The minimum Gasteiger partial charge on any atom is -0.364 e. The highest BCUT2D eigenvalue weighted by Crippen LogP contribution is 2.25. The van der Waals surface area contributed by atoms with Gasteiger partial charge < -0.3 is 10.6 Å². The van der Waals surface area contributed by atoms with Gasteiger partial charge in [-0.05, 0) is 32.7 Å². The van der Waals surface area contributed by atoms with Crippen molar-refractivity contribution in [1.29, 1.82) is 0 Å². The molecule has 2 atom stereocenters. The summed E-state index contributed by atoms with van der Waals surface area (Å²) >= 11 is 1.73. The highest BCUT2D eigenvalue weighted by atomic mass is 32.1. The minimum atomic E-state index is 0.390. The van der Waals surface area contributed by atoms with Crippen molar-refractivity contribution in [2.45, 2.75) is 45.2 Å². The van der Waals surface area contributed by atoms with Crippen LogP contribution < -0.4 is 10.6 Å². The van der Waals surface area contributed by atoms with E-state index in [2.05, 4.69) is 45.0 Å². The molecule has 0 unspecified atom stereocenters. The van der Waals surface area contributed by atoms with Gasteiger partial charge in [-0.25, -0.2) is 9.97 Å². The Balaban J connectivity index is 1.62. The lowest BCUT2D eigenvalue weighted by Gasteiger charge is -2.30. The molecule has 24 heavy (non-hydrogen) atoms. The maximum atomic E-state index is 4.77. The number of anilines is 1. The molecule has 126 valence electrons. The molecule has 3 aromatic rings. The van der Waals surface area contributed by atoms with Gasteiger partial charge >= 0.3 is 0 Å². The highest BCUT2D eigenvalue weighted by Gasteiger charge is 2.21. The normalized spacial score (nSPS) is 21.2. The van der Waals surface area contributed by atoms with Crippen LogP contribution in [0.1, 0.15) is 31.6 Å². The van der Waals surface area contributed by atoms with Crippen LogP contribution in [0.25, 0.3) is 16.3 Å². The summed E-state index contributed by atoms with van der Waals surface area (Å²) in [5, 5.41) is 7.04. The quantitative estimate of drug-likeness (QED) is 0.763. The van der Waals surface area contributed by atoms with Gasteiger partial charge in [-0.15, -0.1) is 11.3 Å². The Morgan fingerprint density at radius 3 is 3.12 bits per heavy atom. The molecule has 0 amide bonds. The van der Waals surface area contributed by atoms with Crippen molar-refractivity contribution in [3.05, 3.63) is 29.7 Å². The van der Waals surface area contributed by atoms with Crippen molar-refractivity contribution in [2.24, 2.45) is 0 Å². The van der Waals surface area contributed by atoms with Crippen molar-refractivity contribution in [3.63, 3.8) is 0 Å². The van der Waals surface area contributed by atoms with Crippen LogP contribution in [0.5, 0.6) is 0 Å². The Kier molecular flexibility index (Phi) is 4.20. The summed E-state index contributed by atoms with van der Waals surface area (Å²) in [6, 6.07) is 0.830. The molecular weight excluding hydrogens is 320 g/mol. The molecular formula is C17H22N6S. The molecule has 0 saturated carbocycles. The van der Waals surface area contributed by atoms with Crippen LogP contribution in [0.2, 0.25) is 0 Å². The standard InChI is InChI=1S/C17H22N6S/c1-3-12-10-23-15(8-20-17(23)24-12)14-7-18-9-16(22-14)21-13-5-4-6-19-11(13)2/h7-11,13,19H,3-6H2,1-2H3,(H,21,22)/t11-,13+/m1/s1. The first-order valence-electron chi connectivity index (χ1n) is 8.52. The number of aromatic nitrogens is 4. The Labute approximate surface area is 145 Å². The van der Waals surface area contributed by atoms with Crippen LogP contribution in [0.4, 0.5) is 5.82 Å².